The summed E-state index contributed by atoms with van der Waals surface area (Å²) >= 11 is 5.82. The zero-order chi connectivity index (χ0) is 19.8. The van der Waals surface area contributed by atoms with E-state index in [2.05, 4.69) is 10.9 Å². The third kappa shape index (κ3) is 5.86. The maximum absolute atomic E-state index is 12.2. The number of ether oxygens (including phenoxy) is 1. The number of halogens is 1. The van der Waals surface area contributed by atoms with Crippen molar-refractivity contribution in [3.63, 3.8) is 0 Å². The molecule has 0 unspecified atom stereocenters. The summed E-state index contributed by atoms with van der Waals surface area (Å²) in [6, 6.07) is 23.5. The Balaban J connectivity index is 1.46. The van der Waals surface area contributed by atoms with Crippen molar-refractivity contribution in [2.45, 2.75) is 13.0 Å². The first kappa shape index (κ1) is 19.5. The molecule has 0 saturated heterocycles. The van der Waals surface area contributed by atoms with E-state index in [9.17, 15) is 9.59 Å². The van der Waals surface area contributed by atoms with Gasteiger partial charge < -0.3 is 4.74 Å². The topological polar surface area (TPSA) is 67.4 Å². The molecule has 0 radical (unpaired) electrons. The summed E-state index contributed by atoms with van der Waals surface area (Å²) < 4.78 is 5.67. The van der Waals surface area contributed by atoms with Crippen molar-refractivity contribution in [3.8, 4) is 5.75 Å². The lowest BCUT2D eigenvalue weighted by Crippen LogP contribution is -2.42. The average Bonchev–Trinajstić information content (AvgIpc) is 2.73. The molecule has 0 aliphatic heterocycles. The summed E-state index contributed by atoms with van der Waals surface area (Å²) in [6.45, 7) is 0.406. The second-order valence-corrected chi connectivity index (χ2v) is 6.54. The Kier molecular flexibility index (Phi) is 6.65. The molecule has 0 atom stereocenters. The Hall–Kier alpha value is -3.31. The Morgan fingerprint density at radius 3 is 2.11 bits per heavy atom. The van der Waals surface area contributed by atoms with Gasteiger partial charge in [0.2, 0.25) is 5.91 Å². The SMILES string of the molecule is O=C(Cc1ccc(Cl)cc1)NNC(=O)c1ccc(COc2ccccc2)cc1. The van der Waals surface area contributed by atoms with Crippen LogP contribution in [0.15, 0.2) is 78.9 Å². The molecule has 0 aromatic heterocycles. The third-order valence-electron chi connectivity index (χ3n) is 3.96. The maximum Gasteiger partial charge on any atom is 0.269 e. The van der Waals surface area contributed by atoms with E-state index >= 15 is 0 Å². The predicted molar refractivity (Wildman–Crippen MR) is 108 cm³/mol. The molecule has 5 nitrogen and oxygen atoms in total. The molecule has 3 rings (SSSR count). The van der Waals surface area contributed by atoms with Crippen molar-refractivity contribution in [2.75, 3.05) is 0 Å². The lowest BCUT2D eigenvalue weighted by Gasteiger charge is -2.09. The Morgan fingerprint density at radius 1 is 0.786 bits per heavy atom. The molecule has 0 fully saturated rings. The van der Waals surface area contributed by atoms with Crippen molar-refractivity contribution in [1.29, 1.82) is 0 Å². The van der Waals surface area contributed by atoms with Crippen LogP contribution in [0.4, 0.5) is 0 Å². The van der Waals surface area contributed by atoms with Gasteiger partial charge in [-0.1, -0.05) is 54.1 Å². The van der Waals surface area contributed by atoms with Crippen molar-refractivity contribution < 1.29 is 14.3 Å². The lowest BCUT2D eigenvalue weighted by atomic mass is 10.1. The highest BCUT2D eigenvalue weighted by atomic mass is 35.5. The van der Waals surface area contributed by atoms with E-state index in [0.29, 0.717) is 17.2 Å². The summed E-state index contributed by atoms with van der Waals surface area (Å²) in [5.41, 5.74) is 7.00. The van der Waals surface area contributed by atoms with Gasteiger partial charge in [0.1, 0.15) is 12.4 Å². The van der Waals surface area contributed by atoms with Crippen LogP contribution in [-0.4, -0.2) is 11.8 Å². The van der Waals surface area contributed by atoms with E-state index in [0.717, 1.165) is 16.9 Å². The molecule has 0 aliphatic carbocycles. The van der Waals surface area contributed by atoms with Crippen LogP contribution in [-0.2, 0) is 17.8 Å². The minimum Gasteiger partial charge on any atom is -0.489 e. The van der Waals surface area contributed by atoms with Gasteiger partial charge in [0.05, 0.1) is 6.42 Å². The minimum atomic E-state index is -0.389. The van der Waals surface area contributed by atoms with Crippen LogP contribution in [0.3, 0.4) is 0 Å². The molecule has 3 aromatic carbocycles. The summed E-state index contributed by atoms with van der Waals surface area (Å²) in [7, 11) is 0. The largest absolute Gasteiger partial charge is 0.489 e. The molecule has 0 heterocycles. The van der Waals surface area contributed by atoms with E-state index in [-0.39, 0.29) is 18.2 Å². The van der Waals surface area contributed by atoms with Gasteiger partial charge >= 0.3 is 0 Å². The normalized spacial score (nSPS) is 10.2. The van der Waals surface area contributed by atoms with Gasteiger partial charge in [-0.25, -0.2) is 0 Å². The number of carbonyl (C=O) groups excluding carboxylic acids is 2. The zero-order valence-corrected chi connectivity index (χ0v) is 15.8. The van der Waals surface area contributed by atoms with Crippen molar-refractivity contribution in [2.24, 2.45) is 0 Å². The predicted octanol–water partition coefficient (Wildman–Crippen LogP) is 3.92. The van der Waals surface area contributed by atoms with Gasteiger partial charge in [-0.15, -0.1) is 0 Å². The van der Waals surface area contributed by atoms with Crippen LogP contribution in [0.5, 0.6) is 5.75 Å². The van der Waals surface area contributed by atoms with Crippen LogP contribution in [0.2, 0.25) is 5.02 Å². The fourth-order valence-corrected chi connectivity index (χ4v) is 2.59. The smallest absolute Gasteiger partial charge is 0.269 e. The van der Waals surface area contributed by atoms with E-state index < -0.39 is 0 Å². The molecular formula is C22H19ClN2O3. The quantitative estimate of drug-likeness (QED) is 0.622. The first-order chi connectivity index (χ1) is 13.6. The van der Waals surface area contributed by atoms with Gasteiger partial charge in [-0.3, -0.25) is 20.4 Å². The number of amides is 2. The fraction of sp³-hybridized carbons (Fsp3) is 0.0909. The monoisotopic (exact) mass is 394 g/mol. The molecule has 0 bridgehead atoms. The van der Waals surface area contributed by atoms with Gasteiger partial charge in [0.15, 0.2) is 0 Å². The van der Waals surface area contributed by atoms with Crippen molar-refractivity contribution in [3.05, 3.63) is 101 Å². The molecule has 28 heavy (non-hydrogen) atoms. The number of rotatable bonds is 6. The van der Waals surface area contributed by atoms with Crippen LogP contribution >= 0.6 is 11.6 Å². The standard InChI is InChI=1S/C22H19ClN2O3/c23-19-12-8-16(9-13-19)14-21(26)24-25-22(27)18-10-6-17(7-11-18)15-28-20-4-2-1-3-5-20/h1-13H,14-15H2,(H,24,26)(H,25,27). The molecule has 0 saturated carbocycles. The third-order valence-corrected chi connectivity index (χ3v) is 4.21. The average molecular weight is 395 g/mol. The number of benzene rings is 3. The Morgan fingerprint density at radius 2 is 1.43 bits per heavy atom. The van der Waals surface area contributed by atoms with E-state index in [4.69, 9.17) is 16.3 Å². The molecule has 6 heteroatoms. The van der Waals surface area contributed by atoms with Crippen LogP contribution < -0.4 is 15.6 Å². The van der Waals surface area contributed by atoms with Crippen molar-refractivity contribution >= 4 is 23.4 Å². The van der Waals surface area contributed by atoms with Crippen LogP contribution in [0.1, 0.15) is 21.5 Å². The molecule has 2 amide bonds. The summed E-state index contributed by atoms with van der Waals surface area (Å²) in [5, 5.41) is 0.607. The lowest BCUT2D eigenvalue weighted by molar-refractivity contribution is -0.121. The number of hydrogen-bond acceptors (Lipinski definition) is 3. The molecule has 3 aromatic rings. The number of hydrazine groups is 1. The summed E-state index contributed by atoms with van der Waals surface area (Å²) in [4.78, 5) is 24.1. The summed E-state index contributed by atoms with van der Waals surface area (Å²) in [5.74, 6) is 0.0799. The van der Waals surface area contributed by atoms with Gasteiger partial charge in [-0.05, 0) is 47.5 Å². The van der Waals surface area contributed by atoms with E-state index in [1.54, 1.807) is 36.4 Å². The molecule has 142 valence electrons. The highest BCUT2D eigenvalue weighted by Gasteiger charge is 2.08. The highest BCUT2D eigenvalue weighted by molar-refractivity contribution is 6.30. The summed E-state index contributed by atoms with van der Waals surface area (Å²) in [6.07, 6.45) is 0.146. The second-order valence-electron chi connectivity index (χ2n) is 6.10. The first-order valence-electron chi connectivity index (χ1n) is 8.70. The Labute approximate surface area is 168 Å². The van der Waals surface area contributed by atoms with Gasteiger partial charge in [0.25, 0.3) is 5.91 Å². The van der Waals surface area contributed by atoms with E-state index in [1.165, 1.54) is 0 Å². The fourth-order valence-electron chi connectivity index (χ4n) is 2.47. The van der Waals surface area contributed by atoms with Gasteiger partial charge in [-0.2, -0.15) is 0 Å². The zero-order valence-electron chi connectivity index (χ0n) is 15.0. The number of nitrogens with one attached hydrogen (secondary N) is 2. The van der Waals surface area contributed by atoms with E-state index in [1.807, 2.05) is 42.5 Å². The van der Waals surface area contributed by atoms with Crippen molar-refractivity contribution in [1.82, 2.24) is 10.9 Å². The highest BCUT2D eigenvalue weighted by Crippen LogP contribution is 2.12. The van der Waals surface area contributed by atoms with Crippen LogP contribution in [0, 0.1) is 0 Å². The molecule has 2 N–H and O–H groups in total. The maximum atomic E-state index is 12.2. The first-order valence-corrected chi connectivity index (χ1v) is 9.08. The number of hydrogen-bond donors (Lipinski definition) is 2. The molecule has 0 aliphatic rings. The minimum absolute atomic E-state index is 0.146. The molecule has 0 spiro atoms. The number of para-hydroxylation sites is 1. The Bertz CT molecular complexity index is 926. The molecular weight excluding hydrogens is 376 g/mol. The van der Waals surface area contributed by atoms with Crippen LogP contribution in [0.25, 0.3) is 0 Å². The van der Waals surface area contributed by atoms with Gasteiger partial charge in [0, 0.05) is 10.6 Å². The second kappa shape index (κ2) is 9.58. The number of carbonyl (C=O) groups is 2.